The van der Waals surface area contributed by atoms with E-state index in [1.165, 1.54) is 6.07 Å². The fraction of sp³-hybridized carbons (Fsp3) is 0.438. The summed E-state index contributed by atoms with van der Waals surface area (Å²) in [5.74, 6) is -0.0509. The second kappa shape index (κ2) is 6.54. The number of halogens is 1. The minimum absolute atomic E-state index is 0.00960. The molecule has 1 aromatic heterocycles. The highest BCUT2D eigenvalue weighted by molar-refractivity contribution is 7.11. The molecule has 2 rings (SSSR count). The van der Waals surface area contributed by atoms with Crippen LogP contribution in [-0.2, 0) is 13.2 Å². The van der Waals surface area contributed by atoms with E-state index in [0.717, 1.165) is 15.4 Å². The maximum atomic E-state index is 14.0. The average Bonchev–Trinajstić information content (AvgIpc) is 2.80. The van der Waals surface area contributed by atoms with Gasteiger partial charge in [0.1, 0.15) is 6.61 Å². The van der Waals surface area contributed by atoms with Crippen molar-refractivity contribution in [1.82, 2.24) is 10.3 Å². The molecule has 21 heavy (non-hydrogen) atoms. The van der Waals surface area contributed by atoms with Crippen LogP contribution in [0.4, 0.5) is 4.39 Å². The van der Waals surface area contributed by atoms with E-state index in [2.05, 4.69) is 31.1 Å². The number of nitrogens with one attached hydrogen (secondary N) is 1. The number of hydrogen-bond donors (Lipinski definition) is 1. The van der Waals surface area contributed by atoms with Crippen molar-refractivity contribution in [2.45, 2.75) is 46.4 Å². The Morgan fingerprint density at radius 2 is 2.10 bits per heavy atom. The molecule has 0 saturated heterocycles. The van der Waals surface area contributed by atoms with Crippen LogP contribution in [0, 0.1) is 12.7 Å². The number of aryl methyl sites for hydroxylation is 1. The summed E-state index contributed by atoms with van der Waals surface area (Å²) in [6.45, 7) is 9.16. The van der Waals surface area contributed by atoms with Crippen LogP contribution in [-0.4, -0.2) is 10.5 Å². The molecule has 0 spiro atoms. The van der Waals surface area contributed by atoms with E-state index < -0.39 is 0 Å². The quantitative estimate of drug-likeness (QED) is 0.904. The van der Waals surface area contributed by atoms with Crippen molar-refractivity contribution < 1.29 is 9.13 Å². The number of ether oxygens (including phenoxy) is 1. The smallest absolute Gasteiger partial charge is 0.165 e. The van der Waals surface area contributed by atoms with E-state index in [-0.39, 0.29) is 17.1 Å². The van der Waals surface area contributed by atoms with Crippen LogP contribution in [0.5, 0.6) is 5.75 Å². The summed E-state index contributed by atoms with van der Waals surface area (Å²) in [6, 6.07) is 5.09. The normalized spacial score (nSPS) is 11.7. The Balaban J connectivity index is 1.95. The van der Waals surface area contributed by atoms with Gasteiger partial charge in [-0.1, -0.05) is 6.07 Å². The van der Waals surface area contributed by atoms with Gasteiger partial charge in [-0.05, 0) is 45.4 Å². The first-order valence-electron chi connectivity index (χ1n) is 6.91. The topological polar surface area (TPSA) is 34.1 Å². The summed E-state index contributed by atoms with van der Waals surface area (Å²) in [4.78, 5) is 5.14. The molecule has 0 unspecified atom stereocenters. The first-order chi connectivity index (χ1) is 9.83. The maximum Gasteiger partial charge on any atom is 0.165 e. The molecule has 114 valence electrons. The third kappa shape index (κ3) is 5.10. The van der Waals surface area contributed by atoms with Gasteiger partial charge in [-0.15, -0.1) is 11.3 Å². The number of hydrogen-bond acceptors (Lipinski definition) is 4. The monoisotopic (exact) mass is 308 g/mol. The van der Waals surface area contributed by atoms with Crippen LogP contribution in [0.25, 0.3) is 0 Å². The van der Waals surface area contributed by atoms with Gasteiger partial charge >= 0.3 is 0 Å². The number of benzene rings is 1. The van der Waals surface area contributed by atoms with Crippen LogP contribution >= 0.6 is 11.3 Å². The molecule has 5 heteroatoms. The second-order valence-electron chi connectivity index (χ2n) is 6.00. The molecule has 0 radical (unpaired) electrons. The summed E-state index contributed by atoms with van der Waals surface area (Å²) < 4.78 is 19.5. The molecule has 0 aliphatic carbocycles. The molecule has 0 aliphatic heterocycles. The van der Waals surface area contributed by atoms with Crippen molar-refractivity contribution in [2.24, 2.45) is 0 Å². The number of thiazole rings is 1. The van der Waals surface area contributed by atoms with Crippen molar-refractivity contribution in [3.05, 3.63) is 45.7 Å². The summed E-state index contributed by atoms with van der Waals surface area (Å²) >= 11 is 1.56. The molecular formula is C16H21FN2OS. The van der Waals surface area contributed by atoms with Crippen molar-refractivity contribution in [2.75, 3.05) is 0 Å². The highest BCUT2D eigenvalue weighted by atomic mass is 32.1. The van der Waals surface area contributed by atoms with Gasteiger partial charge in [0.05, 0.1) is 9.88 Å². The lowest BCUT2D eigenvalue weighted by Gasteiger charge is -2.20. The maximum absolute atomic E-state index is 14.0. The Morgan fingerprint density at radius 1 is 1.33 bits per heavy atom. The third-order valence-corrected chi connectivity index (χ3v) is 3.74. The molecule has 0 bridgehead atoms. The molecule has 1 heterocycles. The van der Waals surface area contributed by atoms with Crippen LogP contribution in [0.1, 0.15) is 36.2 Å². The first-order valence-corrected chi connectivity index (χ1v) is 7.73. The summed E-state index contributed by atoms with van der Waals surface area (Å²) in [5, 5.41) is 4.32. The Labute approximate surface area is 129 Å². The van der Waals surface area contributed by atoms with Gasteiger partial charge in [-0.25, -0.2) is 9.37 Å². The van der Waals surface area contributed by atoms with Crippen LogP contribution in [0.3, 0.4) is 0 Å². The SMILES string of the molecule is Cc1ncc(COc2ccc(CNC(C)(C)C)cc2F)s1. The molecule has 0 aliphatic rings. The summed E-state index contributed by atoms with van der Waals surface area (Å²) in [5.41, 5.74) is 0.916. The molecule has 0 saturated carbocycles. The van der Waals surface area contributed by atoms with Gasteiger partial charge in [-0.3, -0.25) is 0 Å². The minimum atomic E-state index is -0.329. The van der Waals surface area contributed by atoms with E-state index in [4.69, 9.17) is 4.74 Å². The van der Waals surface area contributed by atoms with Crippen molar-refractivity contribution in [3.8, 4) is 5.75 Å². The minimum Gasteiger partial charge on any atom is -0.485 e. The third-order valence-electron chi connectivity index (χ3n) is 2.86. The van der Waals surface area contributed by atoms with E-state index in [1.54, 1.807) is 23.6 Å². The average molecular weight is 308 g/mol. The van der Waals surface area contributed by atoms with Gasteiger partial charge in [0, 0.05) is 18.3 Å². The Morgan fingerprint density at radius 3 is 2.67 bits per heavy atom. The molecule has 1 N–H and O–H groups in total. The van der Waals surface area contributed by atoms with Gasteiger partial charge in [0.25, 0.3) is 0 Å². The molecular weight excluding hydrogens is 287 g/mol. The molecule has 0 atom stereocenters. The summed E-state index contributed by atoms with van der Waals surface area (Å²) in [6.07, 6.45) is 1.76. The lowest BCUT2D eigenvalue weighted by Crippen LogP contribution is -2.35. The zero-order valence-corrected chi connectivity index (χ0v) is 13.7. The predicted molar refractivity (Wildman–Crippen MR) is 84.2 cm³/mol. The Hall–Kier alpha value is -1.46. The Bertz CT molecular complexity index is 605. The number of aromatic nitrogens is 1. The zero-order chi connectivity index (χ0) is 15.5. The fourth-order valence-corrected chi connectivity index (χ4v) is 2.47. The van der Waals surface area contributed by atoms with Gasteiger partial charge < -0.3 is 10.1 Å². The highest BCUT2D eigenvalue weighted by Gasteiger charge is 2.10. The van der Waals surface area contributed by atoms with Crippen molar-refractivity contribution in [1.29, 1.82) is 0 Å². The number of rotatable bonds is 5. The standard InChI is InChI=1S/C16H21FN2OS/c1-11-18-9-13(21-11)10-20-15-6-5-12(7-14(15)17)8-19-16(2,3)4/h5-7,9,19H,8,10H2,1-4H3. The van der Waals surface area contributed by atoms with E-state index in [1.807, 2.05) is 13.0 Å². The molecule has 3 nitrogen and oxygen atoms in total. The molecule has 2 aromatic rings. The van der Waals surface area contributed by atoms with Crippen LogP contribution in [0.15, 0.2) is 24.4 Å². The van der Waals surface area contributed by atoms with E-state index in [9.17, 15) is 4.39 Å². The molecule has 0 amide bonds. The van der Waals surface area contributed by atoms with Gasteiger partial charge in [-0.2, -0.15) is 0 Å². The van der Waals surface area contributed by atoms with Crippen LogP contribution in [0.2, 0.25) is 0 Å². The predicted octanol–water partition coefficient (Wildman–Crippen LogP) is 4.06. The second-order valence-corrected chi connectivity index (χ2v) is 7.32. The van der Waals surface area contributed by atoms with Crippen molar-refractivity contribution in [3.63, 3.8) is 0 Å². The highest BCUT2D eigenvalue weighted by Crippen LogP contribution is 2.21. The lowest BCUT2D eigenvalue weighted by molar-refractivity contribution is 0.293. The summed E-state index contributed by atoms with van der Waals surface area (Å²) in [7, 11) is 0. The first kappa shape index (κ1) is 15.9. The Kier molecular flexibility index (Phi) is 4.96. The largest absolute Gasteiger partial charge is 0.485 e. The molecule has 0 fully saturated rings. The van der Waals surface area contributed by atoms with E-state index >= 15 is 0 Å². The zero-order valence-electron chi connectivity index (χ0n) is 12.9. The van der Waals surface area contributed by atoms with Crippen molar-refractivity contribution >= 4 is 11.3 Å². The van der Waals surface area contributed by atoms with E-state index in [0.29, 0.717) is 13.2 Å². The van der Waals surface area contributed by atoms with Gasteiger partial charge in [0.2, 0.25) is 0 Å². The van der Waals surface area contributed by atoms with Gasteiger partial charge in [0.15, 0.2) is 11.6 Å². The lowest BCUT2D eigenvalue weighted by atomic mass is 10.1. The molecule has 1 aromatic carbocycles. The fourth-order valence-electron chi connectivity index (χ4n) is 1.76. The van der Waals surface area contributed by atoms with Crippen LogP contribution < -0.4 is 10.1 Å². The number of nitrogens with zero attached hydrogens (tertiary/aromatic N) is 1.